The van der Waals surface area contributed by atoms with Crippen LogP contribution in [-0.4, -0.2) is 24.7 Å². The summed E-state index contributed by atoms with van der Waals surface area (Å²) in [5.74, 6) is 0.653. The molecule has 5 heteroatoms. The Kier molecular flexibility index (Phi) is 6.06. The third-order valence-corrected chi connectivity index (χ3v) is 2.95. The molecule has 3 nitrogen and oxygen atoms in total. The van der Waals surface area contributed by atoms with Gasteiger partial charge in [-0.15, -0.1) is 12.4 Å². The van der Waals surface area contributed by atoms with Crippen molar-refractivity contribution in [1.29, 1.82) is 0 Å². The van der Waals surface area contributed by atoms with Gasteiger partial charge in [-0.2, -0.15) is 0 Å². The number of hydrogen-bond donors (Lipinski definition) is 1. The van der Waals surface area contributed by atoms with E-state index in [1.807, 2.05) is 12.1 Å². The summed E-state index contributed by atoms with van der Waals surface area (Å²) in [6.07, 6.45) is 2.87. The lowest BCUT2D eigenvalue weighted by molar-refractivity contribution is 0.185. The predicted octanol–water partition coefficient (Wildman–Crippen LogP) is 2.28. The number of rotatable bonds is 4. The molecule has 90 valence electrons. The van der Waals surface area contributed by atoms with Gasteiger partial charge < -0.3 is 10.1 Å². The van der Waals surface area contributed by atoms with E-state index in [-0.39, 0.29) is 12.4 Å². The van der Waals surface area contributed by atoms with Crippen LogP contribution in [0.3, 0.4) is 0 Å². The number of nitrogens with zero attached hydrogens (tertiary/aromatic N) is 1. The molecule has 2 rings (SSSR count). The molecule has 1 aliphatic rings. The highest BCUT2D eigenvalue weighted by Gasteiger charge is 2.14. The Balaban J connectivity index is 0.00000128. The van der Waals surface area contributed by atoms with E-state index in [4.69, 9.17) is 16.3 Å². The van der Waals surface area contributed by atoms with Gasteiger partial charge in [0.2, 0.25) is 0 Å². The summed E-state index contributed by atoms with van der Waals surface area (Å²) < 4.78 is 5.31. The molecule has 0 bridgehead atoms. The van der Waals surface area contributed by atoms with Gasteiger partial charge in [0.1, 0.15) is 5.15 Å². The van der Waals surface area contributed by atoms with E-state index in [0.29, 0.717) is 11.1 Å². The van der Waals surface area contributed by atoms with Gasteiger partial charge in [0, 0.05) is 31.5 Å². The summed E-state index contributed by atoms with van der Waals surface area (Å²) in [6, 6.07) is 3.90. The first-order valence-electron chi connectivity index (χ1n) is 5.24. The molecule has 2 heterocycles. The molecule has 1 saturated heterocycles. The highest BCUT2D eigenvalue weighted by Crippen LogP contribution is 2.13. The Labute approximate surface area is 107 Å². The van der Waals surface area contributed by atoms with Crippen molar-refractivity contribution in [3.05, 3.63) is 29.0 Å². The van der Waals surface area contributed by atoms with Crippen molar-refractivity contribution in [3.63, 3.8) is 0 Å². The second kappa shape index (κ2) is 7.07. The lowest BCUT2D eigenvalue weighted by Crippen LogP contribution is -2.22. The van der Waals surface area contributed by atoms with Gasteiger partial charge in [-0.25, -0.2) is 4.98 Å². The van der Waals surface area contributed by atoms with E-state index in [1.165, 1.54) is 0 Å². The fourth-order valence-corrected chi connectivity index (χ4v) is 1.89. The fraction of sp³-hybridized carbons (Fsp3) is 0.545. The van der Waals surface area contributed by atoms with Crippen molar-refractivity contribution in [2.75, 3.05) is 19.8 Å². The zero-order chi connectivity index (χ0) is 10.5. The monoisotopic (exact) mass is 262 g/mol. The maximum atomic E-state index is 5.94. The van der Waals surface area contributed by atoms with Crippen molar-refractivity contribution in [3.8, 4) is 0 Å². The van der Waals surface area contributed by atoms with Gasteiger partial charge in [-0.1, -0.05) is 17.7 Å². The van der Waals surface area contributed by atoms with E-state index >= 15 is 0 Å². The molecule has 16 heavy (non-hydrogen) atoms. The summed E-state index contributed by atoms with van der Waals surface area (Å²) in [5, 5.41) is 3.97. The number of pyridine rings is 1. The normalized spacial score (nSPS) is 19.4. The Hall–Kier alpha value is -0.350. The van der Waals surface area contributed by atoms with Crippen LogP contribution >= 0.6 is 24.0 Å². The van der Waals surface area contributed by atoms with Gasteiger partial charge in [0.25, 0.3) is 0 Å². The molecule has 0 aromatic carbocycles. The van der Waals surface area contributed by atoms with Crippen molar-refractivity contribution in [2.45, 2.75) is 13.0 Å². The minimum Gasteiger partial charge on any atom is -0.381 e. The smallest absolute Gasteiger partial charge is 0.133 e. The minimum absolute atomic E-state index is 0. The molecule has 0 spiro atoms. The van der Waals surface area contributed by atoms with Crippen LogP contribution in [0.15, 0.2) is 18.3 Å². The molecule has 1 N–H and O–H groups in total. The third-order valence-electron chi connectivity index (χ3n) is 2.61. The summed E-state index contributed by atoms with van der Waals surface area (Å²) >= 11 is 5.94. The molecule has 1 aliphatic heterocycles. The maximum absolute atomic E-state index is 5.94. The van der Waals surface area contributed by atoms with Crippen LogP contribution in [0.2, 0.25) is 5.15 Å². The van der Waals surface area contributed by atoms with E-state index in [1.54, 1.807) is 6.20 Å². The van der Waals surface area contributed by atoms with Gasteiger partial charge in [-0.3, -0.25) is 0 Å². The van der Waals surface area contributed by atoms with Crippen molar-refractivity contribution in [1.82, 2.24) is 10.3 Å². The maximum Gasteiger partial charge on any atom is 0.133 e. The first-order chi connectivity index (χ1) is 7.36. The summed E-state index contributed by atoms with van der Waals surface area (Å²) in [7, 11) is 0. The van der Waals surface area contributed by atoms with Gasteiger partial charge in [0.15, 0.2) is 0 Å². The molecule has 0 aliphatic carbocycles. The van der Waals surface area contributed by atoms with Gasteiger partial charge in [0.05, 0.1) is 6.61 Å². The zero-order valence-electron chi connectivity index (χ0n) is 8.99. The third kappa shape index (κ3) is 3.91. The molecule has 0 radical (unpaired) electrons. The average Bonchev–Trinajstić information content (AvgIpc) is 2.74. The quantitative estimate of drug-likeness (QED) is 0.846. The second-order valence-corrected chi connectivity index (χ2v) is 4.17. The number of aromatic nitrogens is 1. The van der Waals surface area contributed by atoms with Crippen molar-refractivity contribution in [2.24, 2.45) is 5.92 Å². The lowest BCUT2D eigenvalue weighted by atomic mass is 10.1. The number of hydrogen-bond acceptors (Lipinski definition) is 3. The van der Waals surface area contributed by atoms with Crippen LogP contribution in [0.5, 0.6) is 0 Å². The summed E-state index contributed by atoms with van der Waals surface area (Å²) in [6.45, 7) is 3.56. The largest absolute Gasteiger partial charge is 0.381 e. The van der Waals surface area contributed by atoms with E-state index in [9.17, 15) is 0 Å². The highest BCUT2D eigenvalue weighted by atomic mass is 35.5. The number of halogens is 2. The SMILES string of the molecule is Cl.Clc1ncccc1CNCC1CCOC1. The van der Waals surface area contributed by atoms with E-state index in [0.717, 1.165) is 38.3 Å². The summed E-state index contributed by atoms with van der Waals surface area (Å²) in [5.41, 5.74) is 1.05. The molecular weight excluding hydrogens is 247 g/mol. The van der Waals surface area contributed by atoms with Crippen LogP contribution in [-0.2, 0) is 11.3 Å². The topological polar surface area (TPSA) is 34.2 Å². The fourth-order valence-electron chi connectivity index (χ4n) is 1.71. The minimum atomic E-state index is 0. The Morgan fingerprint density at radius 1 is 1.56 bits per heavy atom. The number of nitrogens with one attached hydrogen (secondary N) is 1. The van der Waals surface area contributed by atoms with Crippen LogP contribution in [0, 0.1) is 5.92 Å². The highest BCUT2D eigenvalue weighted by molar-refractivity contribution is 6.30. The Morgan fingerprint density at radius 3 is 3.12 bits per heavy atom. The zero-order valence-corrected chi connectivity index (χ0v) is 10.6. The van der Waals surface area contributed by atoms with Crippen molar-refractivity contribution < 1.29 is 4.74 Å². The Morgan fingerprint density at radius 2 is 2.44 bits per heavy atom. The first-order valence-corrected chi connectivity index (χ1v) is 5.62. The first kappa shape index (κ1) is 13.7. The molecular formula is C11H16Cl2N2O. The molecule has 1 unspecified atom stereocenters. The lowest BCUT2D eigenvalue weighted by Gasteiger charge is -2.09. The average molecular weight is 263 g/mol. The molecule has 0 amide bonds. The van der Waals surface area contributed by atoms with Crippen LogP contribution in [0.1, 0.15) is 12.0 Å². The molecule has 1 aromatic heterocycles. The van der Waals surface area contributed by atoms with Crippen LogP contribution in [0.25, 0.3) is 0 Å². The molecule has 1 aromatic rings. The van der Waals surface area contributed by atoms with Crippen LogP contribution in [0.4, 0.5) is 0 Å². The standard InChI is InChI=1S/C11H15ClN2O.ClH/c12-11-10(2-1-4-14-11)7-13-6-9-3-5-15-8-9;/h1-2,4,9,13H,3,5-8H2;1H. The molecule has 1 atom stereocenters. The molecule has 0 saturated carbocycles. The molecule has 1 fully saturated rings. The van der Waals surface area contributed by atoms with Gasteiger partial charge >= 0.3 is 0 Å². The Bertz CT molecular complexity index is 317. The van der Waals surface area contributed by atoms with Crippen molar-refractivity contribution >= 4 is 24.0 Å². The van der Waals surface area contributed by atoms with Gasteiger partial charge in [-0.05, 0) is 18.4 Å². The van der Waals surface area contributed by atoms with E-state index < -0.39 is 0 Å². The number of ether oxygens (including phenoxy) is 1. The van der Waals surface area contributed by atoms with Crippen LogP contribution < -0.4 is 5.32 Å². The summed E-state index contributed by atoms with van der Waals surface area (Å²) in [4.78, 5) is 4.03. The predicted molar refractivity (Wildman–Crippen MR) is 67.1 cm³/mol. The van der Waals surface area contributed by atoms with E-state index in [2.05, 4.69) is 10.3 Å². The second-order valence-electron chi connectivity index (χ2n) is 3.81.